The Balaban J connectivity index is 2.06. The van der Waals surface area contributed by atoms with Crippen LogP contribution >= 0.6 is 0 Å². The zero-order valence-corrected chi connectivity index (χ0v) is 10.7. The molecule has 0 amide bonds. The van der Waals surface area contributed by atoms with Crippen molar-refractivity contribution in [2.45, 2.75) is 39.0 Å². The first-order valence-electron chi connectivity index (χ1n) is 6.40. The van der Waals surface area contributed by atoms with Crippen molar-refractivity contribution in [3.63, 3.8) is 0 Å². The van der Waals surface area contributed by atoms with Gasteiger partial charge in [0.1, 0.15) is 5.82 Å². The van der Waals surface area contributed by atoms with E-state index >= 15 is 0 Å². The zero-order chi connectivity index (χ0) is 12.3. The molecule has 17 heavy (non-hydrogen) atoms. The molecule has 1 aromatic heterocycles. The first kappa shape index (κ1) is 12.1. The maximum absolute atomic E-state index is 5.72. The highest BCUT2D eigenvalue weighted by Crippen LogP contribution is 2.27. The number of aromatic nitrogens is 3. The molecule has 0 aromatic carbocycles. The SMILES string of the molecule is CCCc1nc(N)nc(N(C)CC2CCC2)n1. The molecule has 5 heteroatoms. The van der Waals surface area contributed by atoms with Crippen LogP contribution in [0.5, 0.6) is 0 Å². The summed E-state index contributed by atoms with van der Waals surface area (Å²) in [5, 5.41) is 0. The van der Waals surface area contributed by atoms with Gasteiger partial charge in [-0.1, -0.05) is 13.3 Å². The van der Waals surface area contributed by atoms with Gasteiger partial charge in [-0.05, 0) is 25.2 Å². The van der Waals surface area contributed by atoms with Gasteiger partial charge in [0.2, 0.25) is 11.9 Å². The Labute approximate surface area is 102 Å². The standard InChI is InChI=1S/C12H21N5/c1-3-5-10-14-11(13)16-12(15-10)17(2)8-9-6-4-7-9/h9H,3-8H2,1-2H3,(H2,13,14,15,16). The molecule has 2 rings (SSSR count). The van der Waals surface area contributed by atoms with Crippen LogP contribution in [0.4, 0.5) is 11.9 Å². The molecule has 1 aliphatic carbocycles. The Morgan fingerprint density at radius 3 is 2.65 bits per heavy atom. The molecule has 1 fully saturated rings. The third-order valence-electron chi connectivity index (χ3n) is 3.26. The smallest absolute Gasteiger partial charge is 0.230 e. The summed E-state index contributed by atoms with van der Waals surface area (Å²) in [5.74, 6) is 2.65. The van der Waals surface area contributed by atoms with Crippen molar-refractivity contribution in [3.05, 3.63) is 5.82 Å². The molecule has 5 nitrogen and oxygen atoms in total. The fourth-order valence-corrected chi connectivity index (χ4v) is 2.08. The molecule has 0 atom stereocenters. The third kappa shape index (κ3) is 3.05. The van der Waals surface area contributed by atoms with Crippen LogP contribution < -0.4 is 10.6 Å². The number of nitrogen functional groups attached to an aromatic ring is 1. The zero-order valence-electron chi connectivity index (χ0n) is 10.7. The summed E-state index contributed by atoms with van der Waals surface area (Å²) < 4.78 is 0. The average molecular weight is 235 g/mol. The van der Waals surface area contributed by atoms with E-state index in [2.05, 4.69) is 26.8 Å². The van der Waals surface area contributed by atoms with E-state index in [4.69, 9.17) is 5.73 Å². The Kier molecular flexibility index (Phi) is 3.76. The van der Waals surface area contributed by atoms with Gasteiger partial charge in [-0.2, -0.15) is 15.0 Å². The van der Waals surface area contributed by atoms with Crippen molar-refractivity contribution < 1.29 is 0 Å². The van der Waals surface area contributed by atoms with E-state index in [-0.39, 0.29) is 0 Å². The number of rotatable bonds is 5. The van der Waals surface area contributed by atoms with Crippen molar-refractivity contribution in [3.8, 4) is 0 Å². The lowest BCUT2D eigenvalue weighted by Gasteiger charge is -2.30. The Bertz CT molecular complexity index is 375. The third-order valence-corrected chi connectivity index (χ3v) is 3.26. The molecule has 0 radical (unpaired) electrons. The lowest BCUT2D eigenvalue weighted by Crippen LogP contribution is -2.31. The summed E-state index contributed by atoms with van der Waals surface area (Å²) in [6.07, 6.45) is 5.89. The summed E-state index contributed by atoms with van der Waals surface area (Å²) >= 11 is 0. The van der Waals surface area contributed by atoms with Crippen molar-refractivity contribution in [2.24, 2.45) is 5.92 Å². The van der Waals surface area contributed by atoms with Crippen molar-refractivity contribution in [1.29, 1.82) is 0 Å². The van der Waals surface area contributed by atoms with E-state index in [1.54, 1.807) is 0 Å². The second-order valence-corrected chi connectivity index (χ2v) is 4.84. The minimum Gasteiger partial charge on any atom is -0.368 e. The van der Waals surface area contributed by atoms with Crippen LogP contribution in [0.2, 0.25) is 0 Å². The van der Waals surface area contributed by atoms with Crippen LogP contribution in [-0.4, -0.2) is 28.5 Å². The molecule has 0 bridgehead atoms. The number of nitrogens with zero attached hydrogens (tertiary/aromatic N) is 4. The predicted molar refractivity (Wildman–Crippen MR) is 68.8 cm³/mol. The topological polar surface area (TPSA) is 67.9 Å². The molecule has 0 aliphatic heterocycles. The largest absolute Gasteiger partial charge is 0.368 e. The van der Waals surface area contributed by atoms with Crippen LogP contribution in [0.25, 0.3) is 0 Å². The molecule has 1 heterocycles. The van der Waals surface area contributed by atoms with Gasteiger partial charge in [-0.25, -0.2) is 0 Å². The van der Waals surface area contributed by atoms with E-state index in [9.17, 15) is 0 Å². The second-order valence-electron chi connectivity index (χ2n) is 4.84. The first-order chi connectivity index (χ1) is 8.19. The monoisotopic (exact) mass is 235 g/mol. The summed E-state index contributed by atoms with van der Waals surface area (Å²) in [5.41, 5.74) is 5.72. The molecule has 0 spiro atoms. The van der Waals surface area contributed by atoms with Crippen LogP contribution in [0.3, 0.4) is 0 Å². The van der Waals surface area contributed by atoms with E-state index in [1.807, 2.05) is 7.05 Å². The molecular weight excluding hydrogens is 214 g/mol. The van der Waals surface area contributed by atoms with Crippen LogP contribution in [0, 0.1) is 5.92 Å². The maximum atomic E-state index is 5.72. The molecule has 2 N–H and O–H groups in total. The highest BCUT2D eigenvalue weighted by molar-refractivity contribution is 5.33. The molecule has 0 saturated heterocycles. The van der Waals surface area contributed by atoms with E-state index in [0.29, 0.717) is 11.9 Å². The molecule has 0 unspecified atom stereocenters. The first-order valence-corrected chi connectivity index (χ1v) is 6.40. The van der Waals surface area contributed by atoms with Gasteiger partial charge in [-0.3, -0.25) is 0 Å². The summed E-state index contributed by atoms with van der Waals surface area (Å²) in [6, 6.07) is 0. The number of hydrogen-bond donors (Lipinski definition) is 1. The number of anilines is 2. The quantitative estimate of drug-likeness (QED) is 0.840. The predicted octanol–water partition coefficient (Wildman–Crippen LogP) is 1.64. The van der Waals surface area contributed by atoms with Gasteiger partial charge >= 0.3 is 0 Å². The highest BCUT2D eigenvalue weighted by atomic mass is 15.3. The van der Waals surface area contributed by atoms with Gasteiger partial charge < -0.3 is 10.6 Å². The summed E-state index contributed by atoms with van der Waals surface area (Å²) in [7, 11) is 2.03. The number of hydrogen-bond acceptors (Lipinski definition) is 5. The molecule has 94 valence electrons. The highest BCUT2D eigenvalue weighted by Gasteiger charge is 2.20. The van der Waals surface area contributed by atoms with E-state index in [1.165, 1.54) is 19.3 Å². The minimum absolute atomic E-state index is 0.332. The second kappa shape index (κ2) is 5.29. The van der Waals surface area contributed by atoms with Gasteiger partial charge in [0.25, 0.3) is 0 Å². The Hall–Kier alpha value is -1.39. The fourth-order valence-electron chi connectivity index (χ4n) is 2.08. The van der Waals surface area contributed by atoms with Crippen LogP contribution in [0.15, 0.2) is 0 Å². The normalized spacial score (nSPS) is 15.6. The lowest BCUT2D eigenvalue weighted by atomic mass is 9.85. The fraction of sp³-hybridized carbons (Fsp3) is 0.750. The van der Waals surface area contributed by atoms with Gasteiger partial charge in [-0.15, -0.1) is 0 Å². The molecular formula is C12H21N5. The lowest BCUT2D eigenvalue weighted by molar-refractivity contribution is 0.320. The van der Waals surface area contributed by atoms with Crippen LogP contribution in [-0.2, 0) is 6.42 Å². The summed E-state index contributed by atoms with van der Waals surface area (Å²) in [6.45, 7) is 3.13. The Morgan fingerprint density at radius 1 is 1.29 bits per heavy atom. The van der Waals surface area contributed by atoms with Crippen molar-refractivity contribution in [2.75, 3.05) is 24.2 Å². The molecule has 1 aliphatic rings. The molecule has 1 aromatic rings. The number of aryl methyl sites for hydroxylation is 1. The minimum atomic E-state index is 0.332. The van der Waals surface area contributed by atoms with E-state index in [0.717, 1.165) is 31.1 Å². The van der Waals surface area contributed by atoms with E-state index < -0.39 is 0 Å². The van der Waals surface area contributed by atoms with Gasteiger partial charge in [0.15, 0.2) is 0 Å². The van der Waals surface area contributed by atoms with Gasteiger partial charge in [0.05, 0.1) is 0 Å². The Morgan fingerprint density at radius 2 is 2.06 bits per heavy atom. The molecule has 1 saturated carbocycles. The van der Waals surface area contributed by atoms with Crippen molar-refractivity contribution in [1.82, 2.24) is 15.0 Å². The van der Waals surface area contributed by atoms with Gasteiger partial charge in [0, 0.05) is 20.0 Å². The maximum Gasteiger partial charge on any atom is 0.230 e. The average Bonchev–Trinajstić information content (AvgIpc) is 2.23. The van der Waals surface area contributed by atoms with Crippen molar-refractivity contribution >= 4 is 11.9 Å². The number of nitrogens with two attached hydrogens (primary N) is 1. The van der Waals surface area contributed by atoms with Crippen LogP contribution in [0.1, 0.15) is 38.4 Å². The summed E-state index contributed by atoms with van der Waals surface area (Å²) in [4.78, 5) is 14.9.